The molecule has 1 aromatic carbocycles. The van der Waals surface area contributed by atoms with Gasteiger partial charge in [-0.15, -0.1) is 0 Å². The van der Waals surface area contributed by atoms with E-state index in [1.807, 2.05) is 0 Å². The zero-order valence-electron chi connectivity index (χ0n) is 34.5. The van der Waals surface area contributed by atoms with Crippen LogP contribution in [0.3, 0.4) is 0 Å². The number of allylic oxidation sites excluding steroid dienone is 2. The molecule has 0 spiro atoms. The van der Waals surface area contributed by atoms with Crippen molar-refractivity contribution >= 4 is 18.0 Å². The number of esters is 1. The van der Waals surface area contributed by atoms with E-state index >= 15 is 0 Å². The van der Waals surface area contributed by atoms with Crippen LogP contribution in [0.25, 0.3) is 0 Å². The summed E-state index contributed by atoms with van der Waals surface area (Å²) in [4.78, 5) is 39.9. The average Bonchev–Trinajstić information content (AvgIpc) is 3.04. The number of aliphatic carboxylic acids is 1. The van der Waals surface area contributed by atoms with E-state index in [2.05, 4.69) is 59.9 Å². The molecule has 0 saturated heterocycles. The average molecular weight is 752 g/mol. The monoisotopic (exact) mass is 751 g/mol. The van der Waals surface area contributed by atoms with Gasteiger partial charge in [0.2, 0.25) is 0 Å². The summed E-state index contributed by atoms with van der Waals surface area (Å²) < 4.78 is 31.5. The molecule has 0 aromatic heterocycles. The lowest BCUT2D eigenvalue weighted by Gasteiger charge is -2.71. The Morgan fingerprint density at radius 3 is 2.31 bits per heavy atom. The fraction of sp³-hybridized carbons (Fsp3) is 0.756. The molecule has 6 rings (SSSR count). The molecule has 1 amide bonds. The second kappa shape index (κ2) is 13.9. The number of nitrogens with one attached hydrogen (secondary N) is 1. The Bertz CT molecular complexity index is 1660. The molecule has 4 saturated carbocycles. The van der Waals surface area contributed by atoms with Crippen molar-refractivity contribution in [3.63, 3.8) is 0 Å². The largest absolute Gasteiger partial charge is 0.481 e. The summed E-state index contributed by atoms with van der Waals surface area (Å²) in [5, 5.41) is 13.4. The van der Waals surface area contributed by atoms with Crippen molar-refractivity contribution in [3.05, 3.63) is 47.3 Å². The number of rotatable bonds is 8. The number of fused-ring (bicyclic) bond motifs is 7. The maximum Gasteiger partial charge on any atom is 0.408 e. The Morgan fingerprint density at radius 1 is 0.944 bits per heavy atom. The number of hydrogen-bond donors (Lipinski definition) is 2. The zero-order valence-corrected chi connectivity index (χ0v) is 34.5. The summed E-state index contributed by atoms with van der Waals surface area (Å²) in [5.74, 6) is -0.762. The molecule has 9 atom stereocenters. The smallest absolute Gasteiger partial charge is 0.408 e. The van der Waals surface area contributed by atoms with Crippen molar-refractivity contribution in [1.82, 2.24) is 5.32 Å². The maximum atomic E-state index is 14.0. The number of hydrogen-bond acceptors (Lipinski definition) is 6. The number of amides is 1. The number of carbonyl (C=O) groups excluding carboxylic acids is 2. The third-order valence-electron chi connectivity index (χ3n) is 15.7. The van der Waals surface area contributed by atoms with Gasteiger partial charge in [-0.25, -0.2) is 14.0 Å². The molecular weight excluding hydrogens is 685 g/mol. The van der Waals surface area contributed by atoms with Crippen LogP contribution in [0.1, 0.15) is 139 Å². The van der Waals surface area contributed by atoms with E-state index in [9.17, 15) is 23.9 Å². The van der Waals surface area contributed by atoms with Crippen molar-refractivity contribution in [1.29, 1.82) is 0 Å². The van der Waals surface area contributed by atoms with Crippen LogP contribution in [0.2, 0.25) is 0 Å². The van der Waals surface area contributed by atoms with Crippen LogP contribution in [-0.4, -0.2) is 47.5 Å². The van der Waals surface area contributed by atoms with Gasteiger partial charge in [-0.2, -0.15) is 0 Å². The molecule has 54 heavy (non-hydrogen) atoms. The normalized spacial score (nSPS) is 37.2. The predicted molar refractivity (Wildman–Crippen MR) is 206 cm³/mol. The van der Waals surface area contributed by atoms with Gasteiger partial charge in [0.1, 0.15) is 17.5 Å². The first-order valence-corrected chi connectivity index (χ1v) is 20.4. The molecule has 0 heterocycles. The van der Waals surface area contributed by atoms with Gasteiger partial charge in [0.25, 0.3) is 0 Å². The molecule has 4 fully saturated rings. The summed E-state index contributed by atoms with van der Waals surface area (Å²) in [5.41, 5.74) is 0.362. The minimum absolute atomic E-state index is 0.000147. The first-order chi connectivity index (χ1) is 25.0. The minimum atomic E-state index is -1.11. The summed E-state index contributed by atoms with van der Waals surface area (Å²) >= 11 is 0. The highest BCUT2D eigenvalue weighted by Crippen LogP contribution is 2.75. The highest BCUT2D eigenvalue weighted by molar-refractivity contribution is 5.82. The first-order valence-electron chi connectivity index (χ1n) is 20.4. The van der Waals surface area contributed by atoms with Crippen molar-refractivity contribution in [2.75, 3.05) is 6.61 Å². The van der Waals surface area contributed by atoms with E-state index < -0.39 is 35.1 Å². The van der Waals surface area contributed by atoms with E-state index in [1.165, 1.54) is 17.7 Å². The fourth-order valence-electron chi connectivity index (χ4n) is 12.6. The second-order valence-corrected chi connectivity index (χ2v) is 20.8. The van der Waals surface area contributed by atoms with Gasteiger partial charge in [-0.05, 0) is 142 Å². The summed E-state index contributed by atoms with van der Waals surface area (Å²) in [7, 11) is 0. The Balaban J connectivity index is 1.21. The number of alkyl carbamates (subject to hydrolysis) is 1. The predicted octanol–water partition coefficient (Wildman–Crippen LogP) is 10.0. The molecule has 300 valence electrons. The lowest BCUT2D eigenvalue weighted by Crippen LogP contribution is -2.65. The van der Waals surface area contributed by atoms with Crippen molar-refractivity contribution in [3.8, 4) is 0 Å². The number of carbonyl (C=O) groups is 3. The highest BCUT2D eigenvalue weighted by Gasteiger charge is 2.69. The number of carboxylic acids is 1. The van der Waals surface area contributed by atoms with Crippen LogP contribution in [0.5, 0.6) is 0 Å². The minimum Gasteiger partial charge on any atom is -0.481 e. The van der Waals surface area contributed by atoms with E-state index in [-0.39, 0.29) is 58.1 Å². The molecule has 0 radical (unpaired) electrons. The van der Waals surface area contributed by atoms with Crippen LogP contribution in [0.15, 0.2) is 35.9 Å². The van der Waals surface area contributed by atoms with E-state index in [1.54, 1.807) is 32.9 Å². The van der Waals surface area contributed by atoms with Crippen molar-refractivity contribution in [2.24, 2.45) is 50.2 Å². The van der Waals surface area contributed by atoms with Crippen molar-refractivity contribution < 1.29 is 38.1 Å². The van der Waals surface area contributed by atoms with Gasteiger partial charge in [0, 0.05) is 5.41 Å². The van der Waals surface area contributed by atoms with Crippen LogP contribution in [-0.2, 0) is 30.4 Å². The van der Waals surface area contributed by atoms with E-state index in [0.29, 0.717) is 23.8 Å². The molecule has 8 nitrogen and oxygen atoms in total. The highest BCUT2D eigenvalue weighted by atomic mass is 19.1. The number of carboxylic acid groups (broad SMARTS) is 1. The van der Waals surface area contributed by atoms with Crippen LogP contribution in [0, 0.1) is 56.1 Å². The molecule has 0 unspecified atom stereocenters. The lowest BCUT2D eigenvalue weighted by atomic mass is 9.33. The van der Waals surface area contributed by atoms with Gasteiger partial charge < -0.3 is 24.6 Å². The van der Waals surface area contributed by atoms with Gasteiger partial charge in [-0.1, -0.05) is 72.2 Å². The quantitative estimate of drug-likeness (QED) is 0.201. The molecule has 0 aliphatic heterocycles. The Morgan fingerprint density at radius 2 is 1.65 bits per heavy atom. The number of ether oxygens (including phenoxy) is 3. The number of halogens is 1. The van der Waals surface area contributed by atoms with Crippen LogP contribution in [0.4, 0.5) is 9.18 Å². The first kappa shape index (κ1) is 40.7. The molecule has 5 aliphatic carbocycles. The molecule has 9 heteroatoms. The van der Waals surface area contributed by atoms with Gasteiger partial charge in [0.15, 0.2) is 6.04 Å². The fourth-order valence-corrected chi connectivity index (χ4v) is 12.6. The third kappa shape index (κ3) is 7.02. The van der Waals surface area contributed by atoms with Crippen LogP contribution >= 0.6 is 0 Å². The van der Waals surface area contributed by atoms with Gasteiger partial charge in [-0.3, -0.25) is 4.79 Å². The molecule has 2 N–H and O–H groups in total. The van der Waals surface area contributed by atoms with Gasteiger partial charge >= 0.3 is 18.0 Å². The Kier molecular flexibility index (Phi) is 10.5. The maximum absolute atomic E-state index is 14.0. The standard InChI is InChI=1S/C45H66FNO7/c1-39(2,3)54-38(51)47-32(27-52-26-28-12-11-13-29(46)24-28)36(48)53-35-17-18-42(8)33(41(35,6)7)16-19-44(10)34(42)15-14-30-31-25-40(4,5)20-22-45(31,37(49)50)23-21-43(30,44)9/h11-14,24,31-35H,15-23,25-27H2,1-10H3,(H,47,51)(H,49,50)/t31-,32-,33-,34+,35-,42-,43+,44+,45-/m0/s1. The molecule has 1 aromatic rings. The molecular formula is C45H66FNO7. The Hall–Kier alpha value is -2.94. The summed E-state index contributed by atoms with van der Waals surface area (Å²) in [6.07, 6.45) is 10.3. The summed E-state index contributed by atoms with van der Waals surface area (Å²) in [6, 6.07) is 4.97. The second-order valence-electron chi connectivity index (χ2n) is 20.8. The van der Waals surface area contributed by atoms with E-state index in [0.717, 1.165) is 57.8 Å². The molecule has 5 aliphatic rings. The van der Waals surface area contributed by atoms with Crippen LogP contribution < -0.4 is 5.32 Å². The van der Waals surface area contributed by atoms with Crippen molar-refractivity contribution in [2.45, 2.75) is 158 Å². The van der Waals surface area contributed by atoms with Gasteiger partial charge in [0.05, 0.1) is 18.6 Å². The number of benzene rings is 1. The zero-order chi connectivity index (χ0) is 39.7. The SMILES string of the molecule is CC1(C)CC[C@]2(C(=O)O)CC[C@]3(C)C(=CC[C@@H]4[C@@]5(C)CC[C@H](OC(=O)[C@H](COCc6cccc(F)c6)NC(=O)OC(C)(C)C)C(C)(C)[C@@H]5CC[C@]43C)[C@@H]2C1. The third-order valence-corrected chi connectivity index (χ3v) is 15.7. The van der Waals surface area contributed by atoms with E-state index in [4.69, 9.17) is 14.2 Å². The lowest BCUT2D eigenvalue weighted by molar-refractivity contribution is -0.215. The molecule has 0 bridgehead atoms. The Labute approximate surface area is 322 Å². The topological polar surface area (TPSA) is 111 Å². The summed E-state index contributed by atoms with van der Waals surface area (Å²) in [6.45, 7) is 21.8.